The fraction of sp³-hybridized carbons (Fsp3) is 0.300. The molecule has 1 aliphatic heterocycles. The van der Waals surface area contributed by atoms with Crippen LogP contribution in [-0.2, 0) is 4.79 Å². The Kier molecular flexibility index (Phi) is 3.09. The van der Waals surface area contributed by atoms with Gasteiger partial charge < -0.3 is 5.32 Å². The van der Waals surface area contributed by atoms with Crippen LogP contribution in [0.4, 0.5) is 10.6 Å². The number of hydrogen-bond acceptors (Lipinski definition) is 5. The molecule has 0 aliphatic carbocycles. The van der Waals surface area contributed by atoms with E-state index in [0.717, 1.165) is 17.3 Å². The van der Waals surface area contributed by atoms with Crippen LogP contribution in [0, 0.1) is 6.92 Å². The van der Waals surface area contributed by atoms with Crippen molar-refractivity contribution in [2.75, 3.05) is 17.7 Å². The van der Waals surface area contributed by atoms with Crippen molar-refractivity contribution < 1.29 is 9.59 Å². The highest BCUT2D eigenvalue weighted by molar-refractivity contribution is 8.14. The van der Waals surface area contributed by atoms with Crippen LogP contribution in [0.5, 0.6) is 0 Å². The highest BCUT2D eigenvalue weighted by Crippen LogP contribution is 2.18. The predicted molar refractivity (Wildman–Crippen MR) is 62.2 cm³/mol. The molecule has 1 fully saturated rings. The number of imide groups is 1. The summed E-state index contributed by atoms with van der Waals surface area (Å²) in [7, 11) is 0. The van der Waals surface area contributed by atoms with E-state index in [2.05, 4.69) is 10.3 Å². The smallest absolute Gasteiger partial charge is 0.290 e. The molecule has 2 amide bonds. The molecular weight excluding hydrogens is 226 g/mol. The SMILES string of the molecule is Cc1ccnc(NCN2C(=O)CSC2=O)c1. The Labute approximate surface area is 97.2 Å². The number of rotatable bonds is 3. The number of aromatic nitrogens is 1. The summed E-state index contributed by atoms with van der Waals surface area (Å²) in [5, 5.41) is 2.74. The van der Waals surface area contributed by atoms with Gasteiger partial charge in [-0.15, -0.1) is 0 Å². The Morgan fingerprint density at radius 1 is 1.56 bits per heavy atom. The Bertz CT molecular complexity index is 420. The van der Waals surface area contributed by atoms with Crippen LogP contribution < -0.4 is 5.32 Å². The van der Waals surface area contributed by atoms with Crippen molar-refractivity contribution in [3.05, 3.63) is 23.9 Å². The summed E-state index contributed by atoms with van der Waals surface area (Å²) >= 11 is 1.03. The number of nitrogens with zero attached hydrogens (tertiary/aromatic N) is 2. The van der Waals surface area contributed by atoms with Gasteiger partial charge in [-0.05, 0) is 24.6 Å². The molecule has 84 valence electrons. The molecule has 0 radical (unpaired) electrons. The number of carbonyl (C=O) groups excluding carboxylic acids is 2. The molecule has 1 aromatic heterocycles. The average molecular weight is 237 g/mol. The van der Waals surface area contributed by atoms with Gasteiger partial charge >= 0.3 is 0 Å². The van der Waals surface area contributed by atoms with Gasteiger partial charge in [-0.3, -0.25) is 14.5 Å². The van der Waals surface area contributed by atoms with Crippen molar-refractivity contribution in [2.45, 2.75) is 6.92 Å². The Morgan fingerprint density at radius 3 is 3.00 bits per heavy atom. The third kappa shape index (κ3) is 2.33. The maximum atomic E-state index is 11.3. The lowest BCUT2D eigenvalue weighted by Crippen LogP contribution is -2.33. The van der Waals surface area contributed by atoms with Crippen LogP contribution in [0.1, 0.15) is 5.56 Å². The zero-order chi connectivity index (χ0) is 11.5. The molecule has 6 heteroatoms. The Morgan fingerprint density at radius 2 is 2.38 bits per heavy atom. The van der Waals surface area contributed by atoms with E-state index in [4.69, 9.17) is 0 Å². The fourth-order valence-corrected chi connectivity index (χ4v) is 2.05. The number of hydrogen-bond donors (Lipinski definition) is 1. The lowest BCUT2D eigenvalue weighted by molar-refractivity contribution is -0.124. The molecule has 0 bridgehead atoms. The second kappa shape index (κ2) is 4.52. The van der Waals surface area contributed by atoms with E-state index in [9.17, 15) is 9.59 Å². The molecule has 1 saturated heterocycles. The Hall–Kier alpha value is -1.56. The van der Waals surface area contributed by atoms with Gasteiger partial charge in [0.2, 0.25) is 5.91 Å². The van der Waals surface area contributed by atoms with E-state index in [-0.39, 0.29) is 23.6 Å². The summed E-state index contributed by atoms with van der Waals surface area (Å²) in [5.74, 6) is 0.745. The molecule has 2 heterocycles. The highest BCUT2D eigenvalue weighted by atomic mass is 32.2. The summed E-state index contributed by atoms with van der Waals surface area (Å²) in [6, 6.07) is 3.74. The van der Waals surface area contributed by atoms with Crippen molar-refractivity contribution in [2.24, 2.45) is 0 Å². The van der Waals surface area contributed by atoms with Gasteiger partial charge in [0.25, 0.3) is 5.24 Å². The Balaban J connectivity index is 1.97. The van der Waals surface area contributed by atoms with E-state index in [1.807, 2.05) is 19.1 Å². The molecule has 16 heavy (non-hydrogen) atoms. The molecule has 2 rings (SSSR count). The zero-order valence-corrected chi connectivity index (χ0v) is 9.58. The maximum absolute atomic E-state index is 11.3. The molecular formula is C10H11N3O2S. The number of pyridine rings is 1. The van der Waals surface area contributed by atoms with E-state index >= 15 is 0 Å². The van der Waals surface area contributed by atoms with Gasteiger partial charge in [-0.2, -0.15) is 0 Å². The first-order chi connectivity index (χ1) is 7.66. The lowest BCUT2D eigenvalue weighted by atomic mass is 10.3. The number of aryl methyl sites for hydroxylation is 1. The summed E-state index contributed by atoms with van der Waals surface area (Å²) in [6.07, 6.45) is 1.68. The first-order valence-corrected chi connectivity index (χ1v) is 5.79. The maximum Gasteiger partial charge on any atom is 0.290 e. The molecule has 0 saturated carbocycles. The second-order valence-electron chi connectivity index (χ2n) is 3.43. The highest BCUT2D eigenvalue weighted by Gasteiger charge is 2.29. The summed E-state index contributed by atoms with van der Waals surface area (Å²) in [5.41, 5.74) is 1.07. The quantitative estimate of drug-likeness (QED) is 0.862. The third-order valence-corrected chi connectivity index (χ3v) is 3.03. The third-order valence-electron chi connectivity index (χ3n) is 2.17. The van der Waals surface area contributed by atoms with Gasteiger partial charge in [0, 0.05) is 6.20 Å². The van der Waals surface area contributed by atoms with Crippen molar-refractivity contribution in [3.63, 3.8) is 0 Å². The molecule has 0 spiro atoms. The molecule has 0 atom stereocenters. The first kappa shape index (κ1) is 10.9. The number of nitrogens with one attached hydrogen (secondary N) is 1. The van der Waals surface area contributed by atoms with Gasteiger partial charge in [-0.1, -0.05) is 11.8 Å². The molecule has 1 aromatic rings. The molecule has 1 N–H and O–H groups in total. The largest absolute Gasteiger partial charge is 0.352 e. The van der Waals surface area contributed by atoms with E-state index < -0.39 is 0 Å². The van der Waals surface area contributed by atoms with E-state index in [0.29, 0.717) is 5.82 Å². The standard InChI is InChI=1S/C10H11N3O2S/c1-7-2-3-11-8(4-7)12-6-13-9(14)5-16-10(13)15/h2-4H,5-6H2,1H3,(H,11,12). The van der Waals surface area contributed by atoms with Crippen LogP contribution >= 0.6 is 11.8 Å². The van der Waals surface area contributed by atoms with Crippen LogP contribution in [0.15, 0.2) is 18.3 Å². The molecule has 0 aromatic carbocycles. The van der Waals surface area contributed by atoms with Crippen molar-refractivity contribution in [3.8, 4) is 0 Å². The van der Waals surface area contributed by atoms with Crippen molar-refractivity contribution >= 4 is 28.7 Å². The van der Waals surface area contributed by atoms with Gasteiger partial charge in [0.15, 0.2) is 0 Å². The summed E-state index contributed by atoms with van der Waals surface area (Å²) < 4.78 is 0. The van der Waals surface area contributed by atoms with Gasteiger partial charge in [0.05, 0.1) is 5.75 Å². The minimum absolute atomic E-state index is 0.157. The normalized spacial score (nSPS) is 15.7. The molecule has 5 nitrogen and oxygen atoms in total. The predicted octanol–water partition coefficient (Wildman–Crippen LogP) is 1.45. The first-order valence-electron chi connectivity index (χ1n) is 4.80. The minimum Gasteiger partial charge on any atom is -0.352 e. The minimum atomic E-state index is -0.204. The molecule has 1 aliphatic rings. The van der Waals surface area contributed by atoms with Gasteiger partial charge in [0.1, 0.15) is 12.5 Å². The number of thioether (sulfide) groups is 1. The van der Waals surface area contributed by atoms with Crippen LogP contribution in [0.3, 0.4) is 0 Å². The van der Waals surface area contributed by atoms with Crippen LogP contribution in [0.25, 0.3) is 0 Å². The fourth-order valence-electron chi connectivity index (χ4n) is 1.33. The van der Waals surface area contributed by atoms with Crippen molar-refractivity contribution in [1.82, 2.24) is 9.88 Å². The summed E-state index contributed by atoms with van der Waals surface area (Å²) in [4.78, 5) is 27.8. The number of carbonyl (C=O) groups is 2. The van der Waals surface area contributed by atoms with Gasteiger partial charge in [-0.25, -0.2) is 4.98 Å². The molecule has 0 unspecified atom stereocenters. The van der Waals surface area contributed by atoms with Crippen molar-refractivity contribution in [1.29, 1.82) is 0 Å². The topological polar surface area (TPSA) is 62.3 Å². The monoisotopic (exact) mass is 237 g/mol. The van der Waals surface area contributed by atoms with E-state index in [1.54, 1.807) is 6.20 Å². The number of amides is 2. The van der Waals surface area contributed by atoms with E-state index in [1.165, 1.54) is 4.90 Å². The number of anilines is 1. The second-order valence-corrected chi connectivity index (χ2v) is 4.36. The average Bonchev–Trinajstić information content (AvgIpc) is 2.56. The van der Waals surface area contributed by atoms with Crippen LogP contribution in [0.2, 0.25) is 0 Å². The zero-order valence-electron chi connectivity index (χ0n) is 8.77. The lowest BCUT2D eigenvalue weighted by Gasteiger charge is -2.14. The van der Waals surface area contributed by atoms with Crippen LogP contribution in [-0.4, -0.2) is 33.5 Å². The summed E-state index contributed by atoms with van der Waals surface area (Å²) in [6.45, 7) is 2.13.